The van der Waals surface area contributed by atoms with E-state index in [0.29, 0.717) is 6.42 Å². The quantitative estimate of drug-likeness (QED) is 0.582. The van der Waals surface area contributed by atoms with E-state index in [1.807, 2.05) is 0 Å². The summed E-state index contributed by atoms with van der Waals surface area (Å²) in [6.45, 7) is 4.56. The second-order valence-corrected chi connectivity index (χ2v) is 6.62. The Morgan fingerprint density at radius 3 is 2.82 bits per heavy atom. The molecule has 0 fully saturated rings. The van der Waals surface area contributed by atoms with Crippen LogP contribution < -0.4 is 56.5 Å². The first-order valence-electron chi connectivity index (χ1n) is 7.33. The van der Waals surface area contributed by atoms with Crippen LogP contribution >= 0.6 is 15.9 Å². The number of carboxylic acid groups (broad SMARTS) is 1. The number of nitrogens with zero attached hydrogens (tertiary/aromatic N) is 1. The summed E-state index contributed by atoms with van der Waals surface area (Å²) in [6.07, 6.45) is 1.80. The van der Waals surface area contributed by atoms with E-state index >= 15 is 0 Å². The number of carboxylic acids is 1. The maximum Gasteiger partial charge on any atom is 1.00 e. The van der Waals surface area contributed by atoms with Crippen molar-refractivity contribution in [2.24, 2.45) is 5.92 Å². The van der Waals surface area contributed by atoms with Crippen LogP contribution in [0, 0.1) is 12.8 Å². The van der Waals surface area contributed by atoms with Gasteiger partial charge in [-0.15, -0.1) is 0 Å². The van der Waals surface area contributed by atoms with Gasteiger partial charge in [-0.25, -0.2) is 0 Å². The molecule has 1 atom stereocenters. The molecule has 1 aliphatic rings. The number of hydrogen-bond donors (Lipinski definition) is 1. The summed E-state index contributed by atoms with van der Waals surface area (Å²) in [7, 11) is 0. The third kappa shape index (κ3) is 5.67. The number of halogens is 1. The number of rotatable bonds is 6. The maximum absolute atomic E-state index is 11.0. The number of aliphatic hydroxyl groups is 1. The van der Waals surface area contributed by atoms with E-state index in [2.05, 4.69) is 39.9 Å². The van der Waals surface area contributed by atoms with Crippen LogP contribution in [0.2, 0.25) is 0 Å². The molecule has 0 aliphatic carbocycles. The number of carbonyl (C=O) groups excluding carboxylic acids is 1. The molecule has 0 spiro atoms. The number of fused-ring (bicyclic) bond motifs is 1. The van der Waals surface area contributed by atoms with Gasteiger partial charge in [0.1, 0.15) is 0 Å². The Bertz CT molecular complexity index is 524. The summed E-state index contributed by atoms with van der Waals surface area (Å²) in [6, 6.07) is 4.30. The molecule has 0 bridgehead atoms. The summed E-state index contributed by atoms with van der Waals surface area (Å²) in [5.41, 5.74) is 4.01. The van der Waals surface area contributed by atoms with Crippen molar-refractivity contribution in [3.8, 4) is 0 Å². The van der Waals surface area contributed by atoms with Crippen molar-refractivity contribution in [1.82, 2.24) is 4.90 Å². The Kier molecular flexibility index (Phi) is 9.33. The molecule has 1 aliphatic heterocycles. The number of aryl methyl sites for hydroxylation is 1. The van der Waals surface area contributed by atoms with Crippen molar-refractivity contribution in [3.63, 3.8) is 0 Å². The average Bonchev–Trinajstić information content (AvgIpc) is 2.43. The molecule has 1 N–H and O–H groups in total. The van der Waals surface area contributed by atoms with Crippen LogP contribution in [0.3, 0.4) is 0 Å². The van der Waals surface area contributed by atoms with E-state index in [0.717, 1.165) is 30.5 Å². The Morgan fingerprint density at radius 2 is 2.18 bits per heavy atom. The molecule has 1 aromatic rings. The average molecular weight is 394 g/mol. The van der Waals surface area contributed by atoms with Crippen LogP contribution in [0.1, 0.15) is 29.5 Å². The minimum absolute atomic E-state index is 0. The van der Waals surface area contributed by atoms with E-state index in [1.165, 1.54) is 16.7 Å². The minimum atomic E-state index is -1.05. The van der Waals surface area contributed by atoms with Gasteiger partial charge >= 0.3 is 51.4 Å². The number of benzene rings is 1. The van der Waals surface area contributed by atoms with Crippen molar-refractivity contribution in [1.29, 1.82) is 0 Å². The van der Waals surface area contributed by atoms with Gasteiger partial charge in [0.05, 0.1) is 0 Å². The summed E-state index contributed by atoms with van der Waals surface area (Å²) < 4.78 is 1.12. The fourth-order valence-electron chi connectivity index (χ4n) is 2.94. The molecular weight excluding hydrogens is 373 g/mol. The third-order valence-corrected chi connectivity index (χ3v) is 4.67. The van der Waals surface area contributed by atoms with Crippen LogP contribution in [0.5, 0.6) is 0 Å². The zero-order valence-electron chi connectivity index (χ0n) is 13.3. The molecule has 0 saturated heterocycles. The van der Waals surface area contributed by atoms with E-state index in [-0.39, 0.29) is 64.4 Å². The molecule has 0 saturated carbocycles. The van der Waals surface area contributed by atoms with E-state index in [9.17, 15) is 9.90 Å². The molecule has 2 rings (SSSR count). The fraction of sp³-hybridized carbons (Fsp3) is 0.562. The van der Waals surface area contributed by atoms with E-state index in [4.69, 9.17) is 5.11 Å². The van der Waals surface area contributed by atoms with Crippen molar-refractivity contribution >= 4 is 21.9 Å². The summed E-state index contributed by atoms with van der Waals surface area (Å²) in [4.78, 5) is 13.3. The van der Waals surface area contributed by atoms with Crippen LogP contribution in [-0.4, -0.2) is 35.7 Å². The second-order valence-electron chi connectivity index (χ2n) is 5.70. The number of aliphatic hydroxyl groups excluding tert-OH is 1. The summed E-state index contributed by atoms with van der Waals surface area (Å²) >= 11 is 3.53. The van der Waals surface area contributed by atoms with Gasteiger partial charge in [-0.1, -0.05) is 15.9 Å². The van der Waals surface area contributed by atoms with E-state index < -0.39 is 11.9 Å². The van der Waals surface area contributed by atoms with Crippen LogP contribution in [0.15, 0.2) is 16.6 Å². The minimum Gasteiger partial charge on any atom is -0.550 e. The largest absolute Gasteiger partial charge is 1.00 e. The molecule has 0 amide bonds. The third-order valence-electron chi connectivity index (χ3n) is 4.21. The molecule has 6 heteroatoms. The van der Waals surface area contributed by atoms with Gasteiger partial charge < -0.3 is 15.0 Å². The predicted octanol–water partition coefficient (Wildman–Crippen LogP) is -1.74. The first-order valence-corrected chi connectivity index (χ1v) is 8.12. The van der Waals surface area contributed by atoms with Crippen molar-refractivity contribution in [2.45, 2.75) is 32.7 Å². The molecule has 22 heavy (non-hydrogen) atoms. The molecule has 0 radical (unpaired) electrons. The van der Waals surface area contributed by atoms with Gasteiger partial charge in [0.25, 0.3) is 0 Å². The molecule has 1 unspecified atom stereocenters. The van der Waals surface area contributed by atoms with Gasteiger partial charge in [-0.3, -0.25) is 4.90 Å². The Balaban J connectivity index is 0.00000242. The molecule has 1 aromatic carbocycles. The van der Waals surface area contributed by atoms with Crippen molar-refractivity contribution in [2.75, 3.05) is 19.7 Å². The Hall–Kier alpha value is 0.726. The SMILES string of the molecule is Cc1cc(Br)cc2c1CN(CCC(CCO)C(=O)[O-])CC2.[K+]. The monoisotopic (exact) mass is 393 g/mol. The topological polar surface area (TPSA) is 63.6 Å². The van der Waals surface area contributed by atoms with Crippen LogP contribution in [0.25, 0.3) is 0 Å². The summed E-state index contributed by atoms with van der Waals surface area (Å²) in [5.74, 6) is -1.61. The molecule has 0 aromatic heterocycles. The standard InChI is InChI=1S/C16H22BrNO3.K/c1-11-8-14(17)9-13-3-6-18(10-15(11)13)5-2-12(4-7-19)16(20)21;/h8-9,12,19H,2-7,10H2,1H3,(H,20,21);/q;+1/p-1. The molecular formula is C16H21BrKNO3. The van der Waals surface area contributed by atoms with E-state index in [1.54, 1.807) is 0 Å². The van der Waals surface area contributed by atoms with Gasteiger partial charge in [-0.2, -0.15) is 0 Å². The first kappa shape index (κ1) is 20.8. The number of aliphatic carboxylic acids is 1. The smallest absolute Gasteiger partial charge is 0.550 e. The number of carbonyl (C=O) groups is 1. The van der Waals surface area contributed by atoms with Gasteiger partial charge in [0, 0.05) is 36.1 Å². The van der Waals surface area contributed by atoms with Gasteiger partial charge in [0.2, 0.25) is 0 Å². The van der Waals surface area contributed by atoms with Crippen molar-refractivity contribution in [3.05, 3.63) is 33.3 Å². The molecule has 1 heterocycles. The Labute approximate surface area is 182 Å². The fourth-order valence-corrected chi connectivity index (χ4v) is 3.56. The second kappa shape index (κ2) is 9.89. The van der Waals surface area contributed by atoms with Crippen LogP contribution in [0.4, 0.5) is 0 Å². The molecule has 4 nitrogen and oxygen atoms in total. The summed E-state index contributed by atoms with van der Waals surface area (Å²) in [5, 5.41) is 19.9. The van der Waals surface area contributed by atoms with Gasteiger partial charge in [-0.05, 0) is 61.6 Å². The maximum atomic E-state index is 11.0. The zero-order chi connectivity index (χ0) is 15.4. The Morgan fingerprint density at radius 1 is 1.45 bits per heavy atom. The zero-order valence-corrected chi connectivity index (χ0v) is 18.0. The molecule has 116 valence electrons. The first-order chi connectivity index (χ1) is 10.0. The van der Waals surface area contributed by atoms with Crippen LogP contribution in [-0.2, 0) is 17.8 Å². The number of hydrogen-bond acceptors (Lipinski definition) is 4. The van der Waals surface area contributed by atoms with Crippen molar-refractivity contribution < 1.29 is 66.4 Å². The predicted molar refractivity (Wildman–Crippen MR) is 82.7 cm³/mol. The normalized spacial score (nSPS) is 15.8. The van der Waals surface area contributed by atoms with Gasteiger partial charge in [0.15, 0.2) is 0 Å².